The molecule has 0 saturated carbocycles. The molecule has 0 bridgehead atoms. The molecule has 1 amide bonds. The van der Waals surface area contributed by atoms with E-state index in [0.29, 0.717) is 10.7 Å². The van der Waals surface area contributed by atoms with Gasteiger partial charge in [-0.3, -0.25) is 9.36 Å². The molecule has 0 fully saturated rings. The Morgan fingerprint density at radius 3 is 2.73 bits per heavy atom. The van der Waals surface area contributed by atoms with Crippen LogP contribution in [0.3, 0.4) is 0 Å². The second-order valence-corrected chi connectivity index (χ2v) is 8.07. The van der Waals surface area contributed by atoms with Crippen LogP contribution in [0.15, 0.2) is 52.4 Å². The molecular formula is C21H19BrN4O3S. The van der Waals surface area contributed by atoms with E-state index < -0.39 is 12.0 Å². The summed E-state index contributed by atoms with van der Waals surface area (Å²) in [7, 11) is 0. The SMILES string of the molecule is CCOC(=O)[C@@H](C)NC(=O)CSc1ncc(Br)n1-c1ccc(C#N)c2ccccc12. The maximum absolute atomic E-state index is 12.3. The van der Waals surface area contributed by atoms with E-state index in [-0.39, 0.29) is 18.3 Å². The molecule has 1 N–H and O–H groups in total. The van der Waals surface area contributed by atoms with E-state index in [1.807, 2.05) is 34.9 Å². The summed E-state index contributed by atoms with van der Waals surface area (Å²) in [6, 6.07) is 12.8. The Morgan fingerprint density at radius 1 is 1.30 bits per heavy atom. The number of carbonyl (C=O) groups excluding carboxylic acids is 2. The summed E-state index contributed by atoms with van der Waals surface area (Å²) in [6.45, 7) is 3.56. The van der Waals surface area contributed by atoms with Gasteiger partial charge in [0.15, 0.2) is 5.16 Å². The van der Waals surface area contributed by atoms with Gasteiger partial charge in [-0.2, -0.15) is 5.26 Å². The van der Waals surface area contributed by atoms with E-state index in [0.717, 1.165) is 21.1 Å². The lowest BCUT2D eigenvalue weighted by Crippen LogP contribution is -2.40. The van der Waals surface area contributed by atoms with Crippen molar-refractivity contribution in [3.05, 3.63) is 52.8 Å². The summed E-state index contributed by atoms with van der Waals surface area (Å²) in [5, 5.41) is 14.4. The van der Waals surface area contributed by atoms with Crippen LogP contribution >= 0.6 is 27.7 Å². The number of nitriles is 1. The van der Waals surface area contributed by atoms with Crippen molar-refractivity contribution >= 4 is 50.3 Å². The van der Waals surface area contributed by atoms with Crippen molar-refractivity contribution in [2.75, 3.05) is 12.4 Å². The quantitative estimate of drug-likeness (QED) is 0.402. The van der Waals surface area contributed by atoms with Crippen molar-refractivity contribution in [1.29, 1.82) is 5.26 Å². The first-order chi connectivity index (χ1) is 14.5. The number of rotatable bonds is 7. The molecule has 0 spiro atoms. The van der Waals surface area contributed by atoms with Crippen molar-refractivity contribution in [1.82, 2.24) is 14.9 Å². The molecule has 154 valence electrons. The highest BCUT2D eigenvalue weighted by molar-refractivity contribution is 9.10. The average Bonchev–Trinajstić information content (AvgIpc) is 3.11. The van der Waals surface area contributed by atoms with E-state index in [9.17, 15) is 14.9 Å². The predicted octanol–water partition coefficient (Wildman–Crippen LogP) is 3.82. The number of benzene rings is 2. The molecule has 9 heteroatoms. The molecule has 2 aromatic carbocycles. The van der Waals surface area contributed by atoms with E-state index in [4.69, 9.17) is 4.74 Å². The number of nitrogens with one attached hydrogen (secondary N) is 1. The van der Waals surface area contributed by atoms with E-state index in [2.05, 4.69) is 32.3 Å². The summed E-state index contributed by atoms with van der Waals surface area (Å²) in [4.78, 5) is 28.3. The first-order valence-corrected chi connectivity index (χ1v) is 11.0. The standard InChI is InChI=1S/C21H19BrN4O3S/c1-3-29-20(28)13(2)25-19(27)12-30-21-24-11-18(22)26(21)17-9-8-14(10-23)15-6-4-5-7-16(15)17/h4-9,11,13H,3,12H2,1-2H3,(H,25,27)/t13-/m1/s1. The monoisotopic (exact) mass is 486 g/mol. The molecule has 0 aliphatic heterocycles. The van der Waals surface area contributed by atoms with Crippen molar-refractivity contribution in [2.24, 2.45) is 0 Å². The maximum atomic E-state index is 12.3. The second kappa shape index (κ2) is 9.78. The summed E-state index contributed by atoms with van der Waals surface area (Å²) < 4.78 is 7.51. The Hall–Kier alpha value is -2.83. The second-order valence-electron chi connectivity index (χ2n) is 6.32. The van der Waals surface area contributed by atoms with Gasteiger partial charge in [-0.25, -0.2) is 9.78 Å². The third kappa shape index (κ3) is 4.66. The number of amides is 1. The van der Waals surface area contributed by atoms with Crippen molar-refractivity contribution < 1.29 is 14.3 Å². The lowest BCUT2D eigenvalue weighted by Gasteiger charge is -2.14. The van der Waals surface area contributed by atoms with Gasteiger partial charge in [-0.05, 0) is 41.9 Å². The molecule has 1 heterocycles. The number of hydrogen-bond donors (Lipinski definition) is 1. The van der Waals surface area contributed by atoms with Gasteiger partial charge < -0.3 is 10.1 Å². The number of ether oxygens (including phenoxy) is 1. The van der Waals surface area contributed by atoms with Crippen LogP contribution in [-0.2, 0) is 14.3 Å². The highest BCUT2D eigenvalue weighted by Crippen LogP contribution is 2.32. The molecule has 0 saturated heterocycles. The zero-order chi connectivity index (χ0) is 21.7. The molecule has 7 nitrogen and oxygen atoms in total. The molecule has 0 aliphatic carbocycles. The van der Waals surface area contributed by atoms with Crippen molar-refractivity contribution in [3.8, 4) is 11.8 Å². The van der Waals surface area contributed by atoms with E-state index in [1.165, 1.54) is 11.8 Å². The van der Waals surface area contributed by atoms with Crippen LogP contribution in [0.5, 0.6) is 0 Å². The van der Waals surface area contributed by atoms with Gasteiger partial charge in [-0.1, -0.05) is 36.0 Å². The number of nitrogens with zero attached hydrogens (tertiary/aromatic N) is 3. The third-order valence-corrected chi connectivity index (χ3v) is 5.81. The fraction of sp³-hybridized carbons (Fsp3) is 0.238. The minimum atomic E-state index is -0.716. The number of carbonyl (C=O) groups is 2. The minimum absolute atomic E-state index is 0.0847. The minimum Gasteiger partial charge on any atom is -0.464 e. The number of fused-ring (bicyclic) bond motifs is 1. The fourth-order valence-electron chi connectivity index (χ4n) is 2.95. The molecule has 1 aromatic heterocycles. The molecule has 30 heavy (non-hydrogen) atoms. The van der Waals surface area contributed by atoms with Gasteiger partial charge in [-0.15, -0.1) is 0 Å². The highest BCUT2D eigenvalue weighted by Gasteiger charge is 2.19. The lowest BCUT2D eigenvalue weighted by atomic mass is 10.0. The van der Waals surface area contributed by atoms with Gasteiger partial charge >= 0.3 is 5.97 Å². The molecule has 3 rings (SSSR count). The molecule has 0 radical (unpaired) electrons. The number of imidazole rings is 1. The van der Waals surface area contributed by atoms with E-state index in [1.54, 1.807) is 26.1 Å². The fourth-order valence-corrected chi connectivity index (χ4v) is 4.33. The Bertz CT molecular complexity index is 1140. The van der Waals surface area contributed by atoms with Crippen LogP contribution in [-0.4, -0.2) is 39.8 Å². The van der Waals surface area contributed by atoms with Crippen molar-refractivity contribution in [2.45, 2.75) is 25.0 Å². The molecule has 0 aliphatic rings. The van der Waals surface area contributed by atoms with Crippen LogP contribution in [0.25, 0.3) is 16.5 Å². The lowest BCUT2D eigenvalue weighted by molar-refractivity contribution is -0.146. The maximum Gasteiger partial charge on any atom is 0.328 e. The summed E-state index contributed by atoms with van der Waals surface area (Å²) in [6.07, 6.45) is 1.66. The van der Waals surface area contributed by atoms with Crippen LogP contribution in [0.4, 0.5) is 0 Å². The first kappa shape index (κ1) is 21.9. The van der Waals surface area contributed by atoms with Crippen LogP contribution in [0.1, 0.15) is 19.4 Å². The first-order valence-electron chi connectivity index (χ1n) is 9.20. The molecular weight excluding hydrogens is 468 g/mol. The highest BCUT2D eigenvalue weighted by atomic mass is 79.9. The molecule has 0 unspecified atom stereocenters. The Labute approximate surface area is 186 Å². The number of esters is 1. The summed E-state index contributed by atoms with van der Waals surface area (Å²) in [5.41, 5.74) is 1.43. The number of aromatic nitrogens is 2. The van der Waals surface area contributed by atoms with Crippen molar-refractivity contribution in [3.63, 3.8) is 0 Å². The topological polar surface area (TPSA) is 97.0 Å². The number of hydrogen-bond acceptors (Lipinski definition) is 6. The normalized spacial score (nSPS) is 11.7. The van der Waals surface area contributed by atoms with Gasteiger partial charge in [0.05, 0.1) is 35.9 Å². The molecule has 1 atom stereocenters. The van der Waals surface area contributed by atoms with E-state index >= 15 is 0 Å². The summed E-state index contributed by atoms with van der Waals surface area (Å²) in [5.74, 6) is -0.679. The smallest absolute Gasteiger partial charge is 0.328 e. The Balaban J connectivity index is 1.84. The van der Waals surface area contributed by atoms with Gasteiger partial charge in [0, 0.05) is 10.8 Å². The van der Waals surface area contributed by atoms with Crippen LogP contribution in [0.2, 0.25) is 0 Å². The van der Waals surface area contributed by atoms with Crippen LogP contribution < -0.4 is 5.32 Å². The summed E-state index contributed by atoms with van der Waals surface area (Å²) >= 11 is 4.77. The third-order valence-electron chi connectivity index (χ3n) is 4.30. The van der Waals surface area contributed by atoms with Gasteiger partial charge in [0.2, 0.25) is 5.91 Å². The van der Waals surface area contributed by atoms with Gasteiger partial charge in [0.1, 0.15) is 10.6 Å². The number of thioether (sulfide) groups is 1. The molecule has 3 aromatic rings. The average molecular weight is 487 g/mol. The van der Waals surface area contributed by atoms with Gasteiger partial charge in [0.25, 0.3) is 0 Å². The Morgan fingerprint density at radius 2 is 2.03 bits per heavy atom. The number of halogens is 1. The van der Waals surface area contributed by atoms with Crippen LogP contribution in [0, 0.1) is 11.3 Å². The largest absolute Gasteiger partial charge is 0.464 e. The Kier molecular flexibility index (Phi) is 7.13. The predicted molar refractivity (Wildman–Crippen MR) is 118 cm³/mol. The zero-order valence-electron chi connectivity index (χ0n) is 16.4. The zero-order valence-corrected chi connectivity index (χ0v) is 18.8.